The summed E-state index contributed by atoms with van der Waals surface area (Å²) in [6, 6.07) is 2.38. The molecule has 1 rings (SSSR count). The molecule has 3 nitrogen and oxygen atoms in total. The molecule has 1 aromatic carbocycles. The Kier molecular flexibility index (Phi) is 4.95. The third kappa shape index (κ3) is 3.06. The van der Waals surface area contributed by atoms with Crippen LogP contribution in [0.3, 0.4) is 0 Å². The van der Waals surface area contributed by atoms with Crippen LogP contribution >= 0.6 is 23.2 Å². The molecular weight excluding hydrogens is 256 g/mol. The van der Waals surface area contributed by atoms with Crippen molar-refractivity contribution in [3.8, 4) is 0 Å². The van der Waals surface area contributed by atoms with E-state index in [0.29, 0.717) is 0 Å². The van der Waals surface area contributed by atoms with Crippen LogP contribution in [0, 0.1) is 5.82 Å². The van der Waals surface area contributed by atoms with Crippen LogP contribution < -0.4 is 5.32 Å². The lowest BCUT2D eigenvalue weighted by molar-refractivity contribution is 0.0201. The van der Waals surface area contributed by atoms with Gasteiger partial charge in [-0.05, 0) is 19.2 Å². The van der Waals surface area contributed by atoms with Crippen molar-refractivity contribution in [2.24, 2.45) is 0 Å². The number of halogens is 3. The Morgan fingerprint density at radius 1 is 1.38 bits per heavy atom. The van der Waals surface area contributed by atoms with Crippen LogP contribution in [0.1, 0.15) is 11.7 Å². The first kappa shape index (κ1) is 13.7. The van der Waals surface area contributed by atoms with E-state index < -0.39 is 18.0 Å². The van der Waals surface area contributed by atoms with Gasteiger partial charge in [0.05, 0.1) is 11.1 Å². The number of benzene rings is 1. The van der Waals surface area contributed by atoms with E-state index in [0.717, 1.165) is 6.07 Å². The minimum Gasteiger partial charge on any atom is -0.389 e. The summed E-state index contributed by atoms with van der Waals surface area (Å²) in [5, 5.41) is 21.9. The topological polar surface area (TPSA) is 52.5 Å². The molecule has 0 heterocycles. The highest BCUT2D eigenvalue weighted by atomic mass is 35.5. The maximum absolute atomic E-state index is 13.2. The molecule has 1 aromatic rings. The fourth-order valence-corrected chi connectivity index (χ4v) is 1.75. The number of hydrogen-bond acceptors (Lipinski definition) is 3. The quantitative estimate of drug-likeness (QED) is 0.729. The molecule has 90 valence electrons. The van der Waals surface area contributed by atoms with E-state index in [2.05, 4.69) is 5.32 Å². The normalized spacial score (nSPS) is 14.9. The van der Waals surface area contributed by atoms with Gasteiger partial charge in [-0.15, -0.1) is 0 Å². The largest absolute Gasteiger partial charge is 0.389 e. The molecule has 2 atom stereocenters. The Morgan fingerprint density at radius 2 is 2.00 bits per heavy atom. The molecule has 0 aliphatic rings. The molecule has 2 unspecified atom stereocenters. The monoisotopic (exact) mass is 267 g/mol. The summed E-state index contributed by atoms with van der Waals surface area (Å²) in [6.07, 6.45) is -2.37. The van der Waals surface area contributed by atoms with Crippen molar-refractivity contribution >= 4 is 23.2 Å². The molecule has 0 amide bonds. The van der Waals surface area contributed by atoms with E-state index in [-0.39, 0.29) is 22.2 Å². The second-order valence-electron chi connectivity index (χ2n) is 3.36. The van der Waals surface area contributed by atoms with Crippen molar-refractivity contribution in [2.45, 2.75) is 12.2 Å². The number of nitrogens with one attached hydrogen (secondary N) is 1. The third-order valence-corrected chi connectivity index (χ3v) is 2.73. The Labute approximate surface area is 103 Å². The van der Waals surface area contributed by atoms with Gasteiger partial charge in [-0.1, -0.05) is 23.2 Å². The molecule has 0 radical (unpaired) electrons. The highest BCUT2D eigenvalue weighted by Gasteiger charge is 2.22. The molecule has 16 heavy (non-hydrogen) atoms. The van der Waals surface area contributed by atoms with Crippen LogP contribution in [0.4, 0.5) is 4.39 Å². The Hall–Kier alpha value is -0.390. The molecule has 0 aromatic heterocycles. The number of aliphatic hydroxyl groups is 2. The van der Waals surface area contributed by atoms with Crippen LogP contribution in [-0.4, -0.2) is 29.9 Å². The van der Waals surface area contributed by atoms with Gasteiger partial charge in [0.15, 0.2) is 0 Å². The van der Waals surface area contributed by atoms with E-state index in [1.54, 1.807) is 7.05 Å². The molecule has 6 heteroatoms. The summed E-state index contributed by atoms with van der Waals surface area (Å²) in [4.78, 5) is 0. The summed E-state index contributed by atoms with van der Waals surface area (Å²) in [5.41, 5.74) is 0.0782. The van der Waals surface area contributed by atoms with Crippen molar-refractivity contribution < 1.29 is 14.6 Å². The lowest BCUT2D eigenvalue weighted by Crippen LogP contribution is -2.29. The molecule has 0 aliphatic carbocycles. The van der Waals surface area contributed by atoms with Crippen LogP contribution in [0.2, 0.25) is 10.0 Å². The lowest BCUT2D eigenvalue weighted by atomic mass is 10.0. The summed E-state index contributed by atoms with van der Waals surface area (Å²) in [7, 11) is 1.62. The number of aliphatic hydroxyl groups excluding tert-OH is 2. The summed E-state index contributed by atoms with van der Waals surface area (Å²) in [6.45, 7) is 0.158. The van der Waals surface area contributed by atoms with Gasteiger partial charge in [0.2, 0.25) is 0 Å². The predicted octanol–water partition coefficient (Wildman–Crippen LogP) is 1.75. The van der Waals surface area contributed by atoms with Gasteiger partial charge < -0.3 is 15.5 Å². The first-order valence-electron chi connectivity index (χ1n) is 4.62. The van der Waals surface area contributed by atoms with E-state index in [4.69, 9.17) is 23.2 Å². The third-order valence-electron chi connectivity index (χ3n) is 2.12. The minimum absolute atomic E-state index is 0.0782. The minimum atomic E-state index is -1.28. The number of hydrogen-bond donors (Lipinski definition) is 3. The van der Waals surface area contributed by atoms with Crippen LogP contribution in [0.15, 0.2) is 12.1 Å². The molecule has 0 bridgehead atoms. The fraction of sp³-hybridized carbons (Fsp3) is 0.400. The maximum atomic E-state index is 13.2. The molecular formula is C10H12Cl2FNO2. The zero-order valence-corrected chi connectivity index (χ0v) is 10.1. The lowest BCUT2D eigenvalue weighted by Gasteiger charge is -2.19. The second kappa shape index (κ2) is 5.80. The van der Waals surface area contributed by atoms with Crippen LogP contribution in [0.5, 0.6) is 0 Å². The zero-order valence-electron chi connectivity index (χ0n) is 8.54. The Morgan fingerprint density at radius 3 is 2.56 bits per heavy atom. The first-order valence-corrected chi connectivity index (χ1v) is 5.38. The average Bonchev–Trinajstić information content (AvgIpc) is 2.22. The van der Waals surface area contributed by atoms with E-state index >= 15 is 0 Å². The van der Waals surface area contributed by atoms with Crippen molar-refractivity contribution in [2.75, 3.05) is 13.6 Å². The zero-order chi connectivity index (χ0) is 12.3. The average molecular weight is 268 g/mol. The van der Waals surface area contributed by atoms with Gasteiger partial charge in [-0.3, -0.25) is 0 Å². The van der Waals surface area contributed by atoms with Gasteiger partial charge in [-0.2, -0.15) is 0 Å². The predicted molar refractivity (Wildman–Crippen MR) is 61.3 cm³/mol. The van der Waals surface area contributed by atoms with Gasteiger partial charge in [-0.25, -0.2) is 4.39 Å². The summed E-state index contributed by atoms with van der Waals surface area (Å²) in [5.74, 6) is -0.722. The molecule has 0 saturated carbocycles. The van der Waals surface area contributed by atoms with Crippen molar-refractivity contribution in [1.29, 1.82) is 0 Å². The van der Waals surface area contributed by atoms with Crippen molar-refractivity contribution in [3.05, 3.63) is 33.6 Å². The van der Waals surface area contributed by atoms with E-state index in [9.17, 15) is 14.6 Å². The molecule has 0 aliphatic heterocycles. The SMILES string of the molecule is CNCC(O)C(O)c1cc(Cl)cc(F)c1Cl. The molecule has 3 N–H and O–H groups in total. The summed E-state index contributed by atoms with van der Waals surface area (Å²) >= 11 is 11.3. The van der Waals surface area contributed by atoms with Gasteiger partial charge in [0, 0.05) is 17.1 Å². The maximum Gasteiger partial charge on any atom is 0.143 e. The van der Waals surface area contributed by atoms with Gasteiger partial charge in [0.1, 0.15) is 11.9 Å². The summed E-state index contributed by atoms with van der Waals surface area (Å²) < 4.78 is 13.2. The Balaban J connectivity index is 3.03. The van der Waals surface area contributed by atoms with Crippen LogP contribution in [0.25, 0.3) is 0 Å². The fourth-order valence-electron chi connectivity index (χ4n) is 1.32. The number of likely N-dealkylation sites (N-methyl/N-ethyl adjacent to an activating group) is 1. The molecule has 0 saturated heterocycles. The van der Waals surface area contributed by atoms with E-state index in [1.165, 1.54) is 6.07 Å². The van der Waals surface area contributed by atoms with Crippen LogP contribution in [-0.2, 0) is 0 Å². The van der Waals surface area contributed by atoms with Gasteiger partial charge in [0.25, 0.3) is 0 Å². The highest BCUT2D eigenvalue weighted by molar-refractivity contribution is 6.33. The van der Waals surface area contributed by atoms with Crippen molar-refractivity contribution in [1.82, 2.24) is 5.32 Å². The highest BCUT2D eigenvalue weighted by Crippen LogP contribution is 2.30. The second-order valence-corrected chi connectivity index (χ2v) is 4.18. The first-order chi connectivity index (χ1) is 7.47. The Bertz CT molecular complexity index is 376. The van der Waals surface area contributed by atoms with Gasteiger partial charge >= 0.3 is 0 Å². The molecule has 0 fully saturated rings. The smallest absolute Gasteiger partial charge is 0.143 e. The molecule has 0 spiro atoms. The number of rotatable bonds is 4. The standard InChI is InChI=1S/C10H12Cl2FNO2/c1-14-4-8(15)10(16)6-2-5(11)3-7(13)9(6)12/h2-3,8,10,14-16H,4H2,1H3. The van der Waals surface area contributed by atoms with E-state index in [1.807, 2.05) is 0 Å². The van der Waals surface area contributed by atoms with Crippen molar-refractivity contribution in [3.63, 3.8) is 0 Å².